The lowest BCUT2D eigenvalue weighted by Gasteiger charge is -2.09. The summed E-state index contributed by atoms with van der Waals surface area (Å²) < 4.78 is 55.6. The molecule has 1 aliphatic carbocycles. The fourth-order valence-corrected chi connectivity index (χ4v) is 2.89. The number of ether oxygens (including phenoxy) is 1. The van der Waals surface area contributed by atoms with E-state index in [1.165, 1.54) is 12.1 Å². The lowest BCUT2D eigenvalue weighted by Crippen LogP contribution is -2.17. The lowest BCUT2D eigenvalue weighted by molar-refractivity contribution is -0.274. The Morgan fingerprint density at radius 2 is 1.89 bits per heavy atom. The standard InChI is InChI=1S/C11H11ClF3NO2S/c12-19(17,16-7-8-1-2-8)10-5-3-9(4-6-10)18-11(13,14)15/h3-6,8H,1-2,7H2. The molecule has 1 aliphatic rings. The quantitative estimate of drug-likeness (QED) is 0.789. The van der Waals surface area contributed by atoms with E-state index < -0.39 is 15.3 Å². The zero-order valence-electron chi connectivity index (χ0n) is 9.69. The zero-order valence-corrected chi connectivity index (χ0v) is 11.3. The Balaban J connectivity index is 2.12. The van der Waals surface area contributed by atoms with Gasteiger partial charge < -0.3 is 4.74 Å². The molecule has 1 saturated carbocycles. The highest BCUT2D eigenvalue weighted by Crippen LogP contribution is 2.31. The summed E-state index contributed by atoms with van der Waals surface area (Å²) in [6, 6.07) is 4.59. The van der Waals surface area contributed by atoms with Crippen molar-refractivity contribution in [2.75, 3.05) is 6.54 Å². The zero-order chi connectivity index (χ0) is 14.1. The van der Waals surface area contributed by atoms with E-state index in [4.69, 9.17) is 10.7 Å². The van der Waals surface area contributed by atoms with Crippen molar-refractivity contribution >= 4 is 19.6 Å². The molecule has 1 unspecified atom stereocenters. The van der Waals surface area contributed by atoms with Crippen molar-refractivity contribution in [2.45, 2.75) is 24.1 Å². The molecule has 0 radical (unpaired) electrons. The third-order valence-corrected chi connectivity index (χ3v) is 4.71. The average molecular weight is 314 g/mol. The summed E-state index contributed by atoms with van der Waals surface area (Å²) in [5.41, 5.74) is 0. The third-order valence-electron chi connectivity index (χ3n) is 2.54. The predicted molar refractivity (Wildman–Crippen MR) is 65.4 cm³/mol. The van der Waals surface area contributed by atoms with Crippen LogP contribution in [-0.4, -0.2) is 17.1 Å². The van der Waals surface area contributed by atoms with Gasteiger partial charge in [0, 0.05) is 10.7 Å². The van der Waals surface area contributed by atoms with E-state index in [2.05, 4.69) is 9.10 Å². The van der Waals surface area contributed by atoms with Crippen LogP contribution in [0, 0.1) is 5.92 Å². The van der Waals surface area contributed by atoms with Gasteiger partial charge in [0.15, 0.2) is 8.94 Å². The van der Waals surface area contributed by atoms with Gasteiger partial charge in [-0.3, -0.25) is 0 Å². The molecule has 8 heteroatoms. The molecule has 0 spiro atoms. The second kappa shape index (κ2) is 5.20. The number of nitrogens with zero attached hydrogens (tertiary/aromatic N) is 1. The number of halogens is 4. The van der Waals surface area contributed by atoms with Gasteiger partial charge in [0.25, 0.3) is 0 Å². The minimum atomic E-state index is -4.75. The van der Waals surface area contributed by atoms with Crippen molar-refractivity contribution < 1.29 is 22.1 Å². The van der Waals surface area contributed by atoms with Crippen molar-refractivity contribution in [3.63, 3.8) is 0 Å². The van der Waals surface area contributed by atoms with Crippen LogP contribution in [0.3, 0.4) is 0 Å². The fraction of sp³-hybridized carbons (Fsp3) is 0.455. The SMILES string of the molecule is O=S(Cl)(=NCC1CC1)c1ccc(OC(F)(F)F)cc1. The topological polar surface area (TPSA) is 38.7 Å². The molecule has 2 rings (SSSR count). The molecular formula is C11H11ClF3NO2S. The molecule has 0 aromatic heterocycles. The van der Waals surface area contributed by atoms with Crippen LogP contribution in [0.2, 0.25) is 0 Å². The number of hydrogen-bond donors (Lipinski definition) is 0. The van der Waals surface area contributed by atoms with Crippen LogP contribution < -0.4 is 4.74 Å². The largest absolute Gasteiger partial charge is 0.573 e. The van der Waals surface area contributed by atoms with E-state index in [1.54, 1.807) is 0 Å². The number of alkyl halides is 3. The van der Waals surface area contributed by atoms with Crippen LogP contribution in [-0.2, 0) is 8.94 Å². The first-order valence-corrected chi connectivity index (χ1v) is 7.89. The Bertz CT molecular complexity index is 560. The summed E-state index contributed by atoms with van der Waals surface area (Å²) in [6.07, 6.45) is -2.65. The van der Waals surface area contributed by atoms with Gasteiger partial charge in [-0.1, -0.05) is 0 Å². The van der Waals surface area contributed by atoms with Crippen molar-refractivity contribution in [1.29, 1.82) is 0 Å². The Kier molecular flexibility index (Phi) is 3.96. The second-order valence-electron chi connectivity index (χ2n) is 4.23. The van der Waals surface area contributed by atoms with E-state index in [9.17, 15) is 17.4 Å². The van der Waals surface area contributed by atoms with Gasteiger partial charge in [0.05, 0.1) is 11.4 Å². The summed E-state index contributed by atoms with van der Waals surface area (Å²) in [7, 11) is 2.75. The molecule has 0 N–H and O–H groups in total. The Morgan fingerprint density at radius 3 is 2.37 bits per heavy atom. The third kappa shape index (κ3) is 4.58. The lowest BCUT2D eigenvalue weighted by atomic mass is 10.3. The van der Waals surface area contributed by atoms with Crippen LogP contribution in [0.25, 0.3) is 0 Å². The molecule has 19 heavy (non-hydrogen) atoms. The molecule has 0 aliphatic heterocycles. The van der Waals surface area contributed by atoms with Crippen LogP contribution in [0.4, 0.5) is 13.2 Å². The maximum Gasteiger partial charge on any atom is 0.573 e. The van der Waals surface area contributed by atoms with Crippen LogP contribution >= 0.6 is 10.7 Å². The van der Waals surface area contributed by atoms with Crippen molar-refractivity contribution in [1.82, 2.24) is 0 Å². The van der Waals surface area contributed by atoms with Crippen molar-refractivity contribution in [3.05, 3.63) is 24.3 Å². The minimum absolute atomic E-state index is 0.185. The monoisotopic (exact) mass is 313 g/mol. The van der Waals surface area contributed by atoms with E-state index in [0.717, 1.165) is 25.0 Å². The van der Waals surface area contributed by atoms with Gasteiger partial charge in [-0.25, -0.2) is 8.57 Å². The number of hydrogen-bond acceptors (Lipinski definition) is 3. The maximum absolute atomic E-state index is 12.1. The van der Waals surface area contributed by atoms with E-state index in [-0.39, 0.29) is 10.6 Å². The summed E-state index contributed by atoms with van der Waals surface area (Å²) in [5, 5.41) is 0. The molecule has 3 nitrogen and oxygen atoms in total. The molecule has 0 saturated heterocycles. The van der Waals surface area contributed by atoms with Gasteiger partial charge in [0.1, 0.15) is 5.75 Å². The highest BCUT2D eigenvalue weighted by molar-refractivity contribution is 8.15. The average Bonchev–Trinajstić information content (AvgIpc) is 3.09. The van der Waals surface area contributed by atoms with E-state index in [1.807, 2.05) is 0 Å². The normalized spacial score (nSPS) is 18.7. The van der Waals surface area contributed by atoms with Crippen LogP contribution in [0.1, 0.15) is 12.8 Å². The van der Waals surface area contributed by atoms with Crippen molar-refractivity contribution in [3.8, 4) is 5.75 Å². The van der Waals surface area contributed by atoms with Gasteiger partial charge in [-0.15, -0.1) is 13.2 Å². The molecule has 106 valence electrons. The minimum Gasteiger partial charge on any atom is -0.406 e. The van der Waals surface area contributed by atoms with Gasteiger partial charge in [0.2, 0.25) is 0 Å². The molecule has 1 aromatic carbocycles. The van der Waals surface area contributed by atoms with Gasteiger partial charge >= 0.3 is 6.36 Å². The summed E-state index contributed by atoms with van der Waals surface area (Å²) in [5.74, 6) is 0.0534. The maximum atomic E-state index is 12.1. The van der Waals surface area contributed by atoms with Gasteiger partial charge in [-0.2, -0.15) is 0 Å². The Hall–Kier alpha value is -0.950. The summed E-state index contributed by atoms with van der Waals surface area (Å²) in [6.45, 7) is 0.420. The summed E-state index contributed by atoms with van der Waals surface area (Å²) in [4.78, 5) is 0.185. The molecular weight excluding hydrogens is 303 g/mol. The first-order chi connectivity index (χ1) is 8.76. The van der Waals surface area contributed by atoms with E-state index in [0.29, 0.717) is 12.5 Å². The fourth-order valence-electron chi connectivity index (χ4n) is 1.39. The first kappa shape index (κ1) is 14.5. The van der Waals surface area contributed by atoms with Gasteiger partial charge in [-0.05, 0) is 43.0 Å². The smallest absolute Gasteiger partial charge is 0.406 e. The predicted octanol–water partition coefficient (Wildman–Crippen LogP) is 3.98. The van der Waals surface area contributed by atoms with Crippen molar-refractivity contribution in [2.24, 2.45) is 10.3 Å². The molecule has 0 amide bonds. The molecule has 0 heterocycles. The van der Waals surface area contributed by atoms with E-state index >= 15 is 0 Å². The number of benzene rings is 1. The summed E-state index contributed by atoms with van der Waals surface area (Å²) >= 11 is 0. The number of rotatable bonds is 4. The molecule has 1 atom stereocenters. The van der Waals surface area contributed by atoms with Crippen LogP contribution in [0.5, 0.6) is 5.75 Å². The molecule has 0 bridgehead atoms. The highest BCUT2D eigenvalue weighted by Gasteiger charge is 2.31. The second-order valence-corrected chi connectivity index (χ2v) is 7.13. The van der Waals surface area contributed by atoms with Crippen LogP contribution in [0.15, 0.2) is 33.5 Å². The first-order valence-electron chi connectivity index (χ1n) is 5.55. The molecule has 1 aromatic rings. The Morgan fingerprint density at radius 1 is 1.32 bits per heavy atom. The Labute approximate surface area is 113 Å². The molecule has 1 fully saturated rings. The highest BCUT2D eigenvalue weighted by atomic mass is 35.7.